The zero-order valence-electron chi connectivity index (χ0n) is 11.7. The van der Waals surface area contributed by atoms with Crippen molar-refractivity contribution in [3.05, 3.63) is 47.2 Å². The van der Waals surface area contributed by atoms with E-state index in [4.69, 9.17) is 11.6 Å². The maximum atomic E-state index is 12.4. The minimum atomic E-state index is -3.75. The Bertz CT molecular complexity index is 738. The lowest BCUT2D eigenvalue weighted by atomic mass is 10.3. The predicted molar refractivity (Wildman–Crippen MR) is 83.0 cm³/mol. The molecule has 1 aromatic carbocycles. The van der Waals surface area contributed by atoms with E-state index in [9.17, 15) is 13.5 Å². The summed E-state index contributed by atoms with van der Waals surface area (Å²) in [6, 6.07) is 8.13. The summed E-state index contributed by atoms with van der Waals surface area (Å²) in [7, 11) is -3.75. The molecular weight excluding hydrogens is 312 g/mol. The molecule has 2 N–H and O–H groups in total. The molecule has 0 fully saturated rings. The van der Waals surface area contributed by atoms with Crippen LogP contribution < -0.4 is 4.72 Å². The van der Waals surface area contributed by atoms with Crippen molar-refractivity contribution in [1.29, 1.82) is 0 Å². The second-order valence-corrected chi connectivity index (χ2v) is 7.00. The Morgan fingerprint density at radius 3 is 2.52 bits per heavy atom. The van der Waals surface area contributed by atoms with Crippen LogP contribution in [-0.2, 0) is 16.6 Å². The quantitative estimate of drug-likeness (QED) is 0.886. The molecule has 0 saturated carbocycles. The fourth-order valence-corrected chi connectivity index (χ4v) is 3.37. The normalized spacial score (nSPS) is 11.9. The molecule has 114 valence electrons. The topological polar surface area (TPSA) is 71.3 Å². The summed E-state index contributed by atoms with van der Waals surface area (Å²) < 4.78 is 29.0. The van der Waals surface area contributed by atoms with Gasteiger partial charge in [-0.1, -0.05) is 23.7 Å². The number of anilines is 1. The Morgan fingerprint density at radius 2 is 2.00 bits per heavy atom. The molecule has 0 aliphatic heterocycles. The molecule has 0 aliphatic rings. The van der Waals surface area contributed by atoms with E-state index in [0.717, 1.165) is 0 Å². The van der Waals surface area contributed by atoms with E-state index in [1.165, 1.54) is 12.3 Å². The molecule has 0 radical (unpaired) electrons. The van der Waals surface area contributed by atoms with Crippen LogP contribution in [0.1, 0.15) is 25.6 Å². The maximum Gasteiger partial charge on any atom is 0.263 e. The first-order chi connectivity index (χ1) is 9.85. The van der Waals surface area contributed by atoms with E-state index >= 15 is 0 Å². The molecule has 0 saturated heterocycles. The fourth-order valence-electron chi connectivity index (χ4n) is 2.00. The summed E-state index contributed by atoms with van der Waals surface area (Å²) in [5, 5.41) is 9.65. The first-order valence-corrected chi connectivity index (χ1v) is 8.30. The van der Waals surface area contributed by atoms with Crippen LogP contribution in [0.25, 0.3) is 0 Å². The first-order valence-electron chi connectivity index (χ1n) is 6.44. The molecule has 0 spiro atoms. The number of nitrogens with zero attached hydrogens (tertiary/aromatic N) is 1. The highest BCUT2D eigenvalue weighted by Crippen LogP contribution is 2.25. The number of aliphatic hydroxyl groups excluding tert-OH is 1. The summed E-state index contributed by atoms with van der Waals surface area (Å²) in [6.45, 7) is 3.61. The average Bonchev–Trinajstić information content (AvgIpc) is 2.86. The minimum Gasteiger partial charge on any atom is -0.390 e. The van der Waals surface area contributed by atoms with E-state index in [2.05, 4.69) is 4.72 Å². The Balaban J connectivity index is 2.38. The van der Waals surface area contributed by atoms with E-state index < -0.39 is 10.0 Å². The third-order valence-corrected chi connectivity index (χ3v) is 4.72. The molecule has 0 unspecified atom stereocenters. The van der Waals surface area contributed by atoms with Crippen LogP contribution in [0.15, 0.2) is 41.4 Å². The van der Waals surface area contributed by atoms with Crippen LogP contribution in [0.4, 0.5) is 5.69 Å². The summed E-state index contributed by atoms with van der Waals surface area (Å²) in [5.74, 6) is 0. The van der Waals surface area contributed by atoms with E-state index in [-0.39, 0.29) is 17.5 Å². The molecule has 1 heterocycles. The third-order valence-electron chi connectivity index (χ3n) is 3.05. The molecule has 0 amide bonds. The number of para-hydroxylation sites is 1. The number of hydrogen-bond donors (Lipinski definition) is 2. The van der Waals surface area contributed by atoms with Gasteiger partial charge in [-0.3, -0.25) is 4.72 Å². The number of hydrogen-bond acceptors (Lipinski definition) is 3. The van der Waals surface area contributed by atoms with Crippen LogP contribution in [0.3, 0.4) is 0 Å². The summed E-state index contributed by atoms with van der Waals surface area (Å²) in [6.07, 6.45) is 1.51. The maximum absolute atomic E-state index is 12.4. The molecule has 2 rings (SSSR count). The largest absolute Gasteiger partial charge is 0.390 e. The van der Waals surface area contributed by atoms with Crippen LogP contribution >= 0.6 is 11.6 Å². The second kappa shape index (κ2) is 6.09. The smallest absolute Gasteiger partial charge is 0.263 e. The van der Waals surface area contributed by atoms with Crippen molar-refractivity contribution in [3.63, 3.8) is 0 Å². The molecule has 1 aromatic heterocycles. The summed E-state index contributed by atoms with van der Waals surface area (Å²) in [5.41, 5.74) is 0.867. The lowest BCUT2D eigenvalue weighted by Crippen LogP contribution is -2.12. The Hall–Kier alpha value is -1.50. The van der Waals surface area contributed by atoms with Crippen molar-refractivity contribution >= 4 is 27.3 Å². The predicted octanol–water partition coefficient (Wildman–Crippen LogP) is 3.02. The Morgan fingerprint density at radius 1 is 1.33 bits per heavy atom. The van der Waals surface area contributed by atoms with Gasteiger partial charge in [0.05, 0.1) is 17.3 Å². The van der Waals surface area contributed by atoms with Gasteiger partial charge in [0.1, 0.15) is 4.90 Å². The van der Waals surface area contributed by atoms with Gasteiger partial charge in [-0.05, 0) is 32.0 Å². The van der Waals surface area contributed by atoms with Gasteiger partial charge < -0.3 is 9.67 Å². The van der Waals surface area contributed by atoms with Crippen molar-refractivity contribution < 1.29 is 13.5 Å². The highest BCUT2D eigenvalue weighted by Gasteiger charge is 2.20. The van der Waals surface area contributed by atoms with E-state index in [1.54, 1.807) is 28.8 Å². The van der Waals surface area contributed by atoms with Gasteiger partial charge in [-0.15, -0.1) is 0 Å². The number of sulfonamides is 1. The number of aromatic nitrogens is 1. The van der Waals surface area contributed by atoms with Crippen LogP contribution in [0.2, 0.25) is 5.02 Å². The van der Waals surface area contributed by atoms with Crippen molar-refractivity contribution in [1.82, 2.24) is 4.57 Å². The lowest BCUT2D eigenvalue weighted by Gasteiger charge is -2.10. The van der Waals surface area contributed by atoms with Crippen molar-refractivity contribution in [2.75, 3.05) is 4.72 Å². The third kappa shape index (κ3) is 3.40. The highest BCUT2D eigenvalue weighted by molar-refractivity contribution is 7.92. The van der Waals surface area contributed by atoms with Crippen molar-refractivity contribution in [2.45, 2.75) is 31.4 Å². The Labute approximate surface area is 129 Å². The summed E-state index contributed by atoms with van der Waals surface area (Å²) in [4.78, 5) is 0.0974. The Kier molecular flexibility index (Phi) is 4.61. The average molecular weight is 329 g/mol. The monoisotopic (exact) mass is 328 g/mol. The first kappa shape index (κ1) is 15.9. The highest BCUT2D eigenvalue weighted by atomic mass is 35.5. The van der Waals surface area contributed by atoms with Gasteiger partial charge >= 0.3 is 0 Å². The van der Waals surface area contributed by atoms with Gasteiger partial charge in [0, 0.05) is 17.9 Å². The second-order valence-electron chi connectivity index (χ2n) is 4.91. The molecule has 0 bridgehead atoms. The van der Waals surface area contributed by atoms with Crippen LogP contribution in [0.5, 0.6) is 0 Å². The lowest BCUT2D eigenvalue weighted by molar-refractivity contribution is 0.268. The van der Waals surface area contributed by atoms with Gasteiger partial charge in [-0.2, -0.15) is 0 Å². The molecule has 2 aromatic rings. The van der Waals surface area contributed by atoms with E-state index in [1.807, 2.05) is 13.8 Å². The number of halogens is 1. The zero-order chi connectivity index (χ0) is 15.6. The zero-order valence-corrected chi connectivity index (χ0v) is 13.3. The van der Waals surface area contributed by atoms with E-state index in [0.29, 0.717) is 16.4 Å². The van der Waals surface area contributed by atoms with Gasteiger partial charge in [0.2, 0.25) is 0 Å². The minimum absolute atomic E-state index is 0.0522. The molecule has 0 atom stereocenters. The molecule has 0 aliphatic carbocycles. The number of aliphatic hydroxyl groups is 1. The van der Waals surface area contributed by atoms with Gasteiger partial charge in [0.25, 0.3) is 10.0 Å². The number of benzene rings is 1. The van der Waals surface area contributed by atoms with Gasteiger partial charge in [0.15, 0.2) is 0 Å². The van der Waals surface area contributed by atoms with Crippen molar-refractivity contribution in [3.8, 4) is 0 Å². The molecule has 21 heavy (non-hydrogen) atoms. The molecule has 5 nitrogen and oxygen atoms in total. The standard InChI is InChI=1S/C14H17ClN2O3S/c1-10(2)17-8-12(7-11(17)9-18)21(19,20)16-14-6-4-3-5-13(14)15/h3-8,10,16,18H,9H2,1-2H3. The van der Waals surface area contributed by atoms with Crippen LogP contribution in [0, 0.1) is 0 Å². The number of rotatable bonds is 5. The fraction of sp³-hybridized carbons (Fsp3) is 0.286. The van der Waals surface area contributed by atoms with Crippen LogP contribution in [-0.4, -0.2) is 18.1 Å². The molecule has 7 heteroatoms. The summed E-state index contributed by atoms with van der Waals surface area (Å²) >= 11 is 5.96. The van der Waals surface area contributed by atoms with Gasteiger partial charge in [-0.25, -0.2) is 8.42 Å². The SMILES string of the molecule is CC(C)n1cc(S(=O)(=O)Nc2ccccc2Cl)cc1CO. The van der Waals surface area contributed by atoms with Crippen molar-refractivity contribution in [2.24, 2.45) is 0 Å². The number of nitrogens with one attached hydrogen (secondary N) is 1. The molecular formula is C14H17ClN2O3S.